The summed E-state index contributed by atoms with van der Waals surface area (Å²) in [6.07, 6.45) is 3.05. The van der Waals surface area contributed by atoms with Gasteiger partial charge in [0.2, 0.25) is 0 Å². The average Bonchev–Trinajstić information content (AvgIpc) is 3.11. The maximum absolute atomic E-state index is 13.2. The third-order valence-corrected chi connectivity index (χ3v) is 3.60. The van der Waals surface area contributed by atoms with Gasteiger partial charge in [0, 0.05) is 6.04 Å². The van der Waals surface area contributed by atoms with Crippen LogP contribution >= 0.6 is 0 Å². The molecule has 1 heterocycles. The van der Waals surface area contributed by atoms with Gasteiger partial charge >= 0.3 is 0 Å². The van der Waals surface area contributed by atoms with Crippen LogP contribution in [0.1, 0.15) is 18.5 Å². The Kier molecular flexibility index (Phi) is 4.19. The fourth-order valence-corrected chi connectivity index (χ4v) is 2.35. The maximum Gasteiger partial charge on any atom is 0.295 e. The van der Waals surface area contributed by atoms with Crippen LogP contribution in [0, 0.1) is 15.9 Å². The van der Waals surface area contributed by atoms with Gasteiger partial charge in [0.05, 0.1) is 16.7 Å². The van der Waals surface area contributed by atoms with Crippen molar-refractivity contribution in [1.82, 2.24) is 14.8 Å². The van der Waals surface area contributed by atoms with E-state index in [1.807, 2.05) is 31.2 Å². The van der Waals surface area contributed by atoms with Crippen molar-refractivity contribution in [2.45, 2.75) is 13.0 Å². The molecule has 0 unspecified atom stereocenters. The van der Waals surface area contributed by atoms with Gasteiger partial charge in [0.25, 0.3) is 5.69 Å². The van der Waals surface area contributed by atoms with Crippen LogP contribution in [0.15, 0.2) is 55.1 Å². The van der Waals surface area contributed by atoms with Crippen molar-refractivity contribution in [3.05, 3.63) is 76.6 Å². The SMILES string of the molecule is C[C@@H](Nc1ccc(F)cc1[N+](=O)[O-])c1ccc(-n2cncn2)cc1. The number of nitro groups is 1. The topological polar surface area (TPSA) is 85.9 Å². The van der Waals surface area contributed by atoms with Gasteiger partial charge in [-0.25, -0.2) is 14.1 Å². The molecular formula is C16H14FN5O2. The quantitative estimate of drug-likeness (QED) is 0.572. The molecule has 0 amide bonds. The number of nitro benzene ring substituents is 1. The third kappa shape index (κ3) is 3.22. The van der Waals surface area contributed by atoms with E-state index < -0.39 is 10.7 Å². The van der Waals surface area contributed by atoms with Crippen molar-refractivity contribution in [2.75, 3.05) is 5.32 Å². The van der Waals surface area contributed by atoms with Crippen LogP contribution < -0.4 is 5.32 Å². The second-order valence-electron chi connectivity index (χ2n) is 5.22. The average molecular weight is 327 g/mol. The minimum atomic E-state index is -0.642. The second kappa shape index (κ2) is 6.45. The van der Waals surface area contributed by atoms with Crippen molar-refractivity contribution in [3.8, 4) is 5.69 Å². The van der Waals surface area contributed by atoms with E-state index in [0.717, 1.165) is 17.3 Å². The summed E-state index contributed by atoms with van der Waals surface area (Å²) in [4.78, 5) is 14.3. The zero-order valence-corrected chi connectivity index (χ0v) is 12.8. The summed E-state index contributed by atoms with van der Waals surface area (Å²) < 4.78 is 14.8. The first kappa shape index (κ1) is 15.6. The Morgan fingerprint density at radius 3 is 2.62 bits per heavy atom. The number of hydrogen-bond acceptors (Lipinski definition) is 5. The normalized spacial score (nSPS) is 11.9. The van der Waals surface area contributed by atoms with Crippen LogP contribution in [0.3, 0.4) is 0 Å². The molecule has 0 spiro atoms. The van der Waals surface area contributed by atoms with Gasteiger partial charge < -0.3 is 5.32 Å². The lowest BCUT2D eigenvalue weighted by Gasteiger charge is -2.16. The standard InChI is InChI=1S/C16H14FN5O2/c1-11(20-15-7-4-13(17)8-16(15)22(23)24)12-2-5-14(6-3-12)21-10-18-9-19-21/h2-11,20H,1H3/t11-/m1/s1. The molecule has 7 nitrogen and oxygen atoms in total. The highest BCUT2D eigenvalue weighted by Crippen LogP contribution is 2.29. The van der Waals surface area contributed by atoms with Crippen LogP contribution in [0.5, 0.6) is 0 Å². The molecular weight excluding hydrogens is 313 g/mol. The summed E-state index contributed by atoms with van der Waals surface area (Å²) in [7, 11) is 0. The van der Waals surface area contributed by atoms with E-state index in [2.05, 4.69) is 15.4 Å². The van der Waals surface area contributed by atoms with Crippen LogP contribution in [-0.2, 0) is 0 Å². The zero-order valence-electron chi connectivity index (χ0n) is 12.8. The maximum atomic E-state index is 13.2. The lowest BCUT2D eigenvalue weighted by atomic mass is 10.1. The van der Waals surface area contributed by atoms with E-state index in [4.69, 9.17) is 0 Å². The van der Waals surface area contributed by atoms with E-state index in [0.29, 0.717) is 0 Å². The van der Waals surface area contributed by atoms with Crippen molar-refractivity contribution < 1.29 is 9.31 Å². The van der Waals surface area contributed by atoms with Gasteiger partial charge in [-0.3, -0.25) is 10.1 Å². The smallest absolute Gasteiger partial charge is 0.295 e. The first-order valence-corrected chi connectivity index (χ1v) is 7.20. The predicted molar refractivity (Wildman–Crippen MR) is 86.5 cm³/mol. The highest BCUT2D eigenvalue weighted by Gasteiger charge is 2.17. The number of hydrogen-bond donors (Lipinski definition) is 1. The van der Waals surface area contributed by atoms with Crippen molar-refractivity contribution in [2.24, 2.45) is 0 Å². The van der Waals surface area contributed by atoms with E-state index in [-0.39, 0.29) is 17.4 Å². The number of anilines is 1. The number of rotatable bonds is 5. The second-order valence-corrected chi connectivity index (χ2v) is 5.22. The summed E-state index contributed by atoms with van der Waals surface area (Å²) >= 11 is 0. The van der Waals surface area contributed by atoms with Gasteiger partial charge in [-0.15, -0.1) is 0 Å². The molecule has 0 saturated heterocycles. The minimum absolute atomic E-state index is 0.195. The third-order valence-electron chi connectivity index (χ3n) is 3.60. The Bertz CT molecular complexity index is 849. The molecule has 24 heavy (non-hydrogen) atoms. The lowest BCUT2D eigenvalue weighted by Crippen LogP contribution is -2.09. The molecule has 122 valence electrons. The molecule has 0 aliphatic carbocycles. The molecule has 1 N–H and O–H groups in total. The largest absolute Gasteiger partial charge is 0.373 e. The molecule has 3 aromatic rings. The minimum Gasteiger partial charge on any atom is -0.373 e. The molecule has 0 aliphatic rings. The molecule has 8 heteroatoms. The molecule has 3 rings (SSSR count). The number of nitrogens with zero attached hydrogens (tertiary/aromatic N) is 4. The Balaban J connectivity index is 1.80. The van der Waals surface area contributed by atoms with E-state index in [1.165, 1.54) is 18.5 Å². The number of aromatic nitrogens is 3. The fraction of sp³-hybridized carbons (Fsp3) is 0.125. The number of nitrogens with one attached hydrogen (secondary N) is 1. The first-order chi connectivity index (χ1) is 11.5. The van der Waals surface area contributed by atoms with Gasteiger partial charge in [-0.1, -0.05) is 12.1 Å². The van der Waals surface area contributed by atoms with Crippen molar-refractivity contribution in [1.29, 1.82) is 0 Å². The van der Waals surface area contributed by atoms with Crippen LogP contribution in [0.25, 0.3) is 5.69 Å². The van der Waals surface area contributed by atoms with Crippen LogP contribution in [0.2, 0.25) is 0 Å². The van der Waals surface area contributed by atoms with Crippen molar-refractivity contribution in [3.63, 3.8) is 0 Å². The fourth-order valence-electron chi connectivity index (χ4n) is 2.35. The molecule has 0 aliphatic heterocycles. The van der Waals surface area contributed by atoms with Crippen LogP contribution in [-0.4, -0.2) is 19.7 Å². The summed E-state index contributed by atoms with van der Waals surface area (Å²) in [5.74, 6) is -0.642. The molecule has 1 aromatic heterocycles. The van der Waals surface area contributed by atoms with E-state index >= 15 is 0 Å². The van der Waals surface area contributed by atoms with Gasteiger partial charge in [-0.05, 0) is 36.8 Å². The van der Waals surface area contributed by atoms with E-state index in [1.54, 1.807) is 11.0 Å². The number of benzene rings is 2. The first-order valence-electron chi connectivity index (χ1n) is 7.20. The van der Waals surface area contributed by atoms with E-state index in [9.17, 15) is 14.5 Å². The Morgan fingerprint density at radius 2 is 2.00 bits per heavy atom. The molecule has 2 aromatic carbocycles. The Labute approximate surface area is 136 Å². The summed E-state index contributed by atoms with van der Waals surface area (Å²) in [5.41, 5.74) is 1.77. The highest BCUT2D eigenvalue weighted by molar-refractivity contribution is 5.62. The van der Waals surface area contributed by atoms with Gasteiger partial charge in [0.1, 0.15) is 24.2 Å². The van der Waals surface area contributed by atoms with Gasteiger partial charge in [0.15, 0.2) is 0 Å². The van der Waals surface area contributed by atoms with Crippen molar-refractivity contribution >= 4 is 11.4 Å². The lowest BCUT2D eigenvalue weighted by molar-refractivity contribution is -0.384. The summed E-state index contributed by atoms with van der Waals surface area (Å²) in [6, 6.07) is 10.8. The number of halogens is 1. The predicted octanol–water partition coefficient (Wildman–Crippen LogP) is 3.49. The molecule has 0 fully saturated rings. The zero-order chi connectivity index (χ0) is 17.1. The molecule has 0 bridgehead atoms. The summed E-state index contributed by atoms with van der Waals surface area (Å²) in [6.45, 7) is 1.87. The highest BCUT2D eigenvalue weighted by atomic mass is 19.1. The molecule has 1 atom stereocenters. The Morgan fingerprint density at radius 1 is 1.25 bits per heavy atom. The monoisotopic (exact) mass is 327 g/mol. The molecule has 0 saturated carbocycles. The van der Waals surface area contributed by atoms with Crippen LogP contribution in [0.4, 0.5) is 15.8 Å². The Hall–Kier alpha value is -3.29. The van der Waals surface area contributed by atoms with Gasteiger partial charge in [-0.2, -0.15) is 5.10 Å². The summed E-state index contributed by atoms with van der Waals surface area (Å²) in [5, 5.41) is 18.1. The molecule has 0 radical (unpaired) electrons.